The number of rotatable bonds is 0. The summed E-state index contributed by atoms with van der Waals surface area (Å²) in [6.07, 6.45) is 8.69. The molecule has 0 aromatic heterocycles. The average Bonchev–Trinajstić information content (AvgIpc) is 2.61. The third-order valence-electron chi connectivity index (χ3n) is 7.03. The van der Waals surface area contributed by atoms with Crippen LogP contribution < -0.4 is 0 Å². The van der Waals surface area contributed by atoms with E-state index in [1.165, 1.54) is 43.2 Å². The van der Waals surface area contributed by atoms with Crippen molar-refractivity contribution < 1.29 is 0 Å². The molecule has 2 aromatic carbocycles. The number of benzene rings is 2. The Morgan fingerprint density at radius 3 is 1.10 bits per heavy atom. The Morgan fingerprint density at radius 2 is 0.793 bits per heavy atom. The largest absolute Gasteiger partial charge is 0.0561 e. The van der Waals surface area contributed by atoms with Crippen LogP contribution in [0.2, 0.25) is 0 Å². The Labute approximate surface area is 180 Å². The van der Waals surface area contributed by atoms with Gasteiger partial charge < -0.3 is 0 Å². The molecule has 0 amide bonds. The molecule has 0 aliphatic heterocycles. The summed E-state index contributed by atoms with van der Waals surface area (Å²) in [5, 5.41) is 0. The van der Waals surface area contributed by atoms with E-state index in [2.05, 4.69) is 79.7 Å². The van der Waals surface area contributed by atoms with Crippen molar-refractivity contribution in [2.45, 2.75) is 111 Å². The average molecular weight is 391 g/mol. The van der Waals surface area contributed by atoms with Crippen molar-refractivity contribution in [1.82, 2.24) is 0 Å². The first-order valence-electron chi connectivity index (χ1n) is 11.7. The summed E-state index contributed by atoms with van der Waals surface area (Å²) in [6.45, 7) is 18.8. The summed E-state index contributed by atoms with van der Waals surface area (Å²) in [6, 6.07) is 10.0. The lowest BCUT2D eigenvalue weighted by Crippen LogP contribution is -2.14. The van der Waals surface area contributed by atoms with Gasteiger partial charge in [0.25, 0.3) is 0 Å². The predicted molar refractivity (Wildman–Crippen MR) is 128 cm³/mol. The van der Waals surface area contributed by atoms with Gasteiger partial charge in [0.15, 0.2) is 0 Å². The molecule has 4 bridgehead atoms. The second-order valence-electron chi connectivity index (χ2n) is 11.4. The van der Waals surface area contributed by atoms with Crippen LogP contribution in [-0.4, -0.2) is 0 Å². The van der Waals surface area contributed by atoms with E-state index in [0.717, 1.165) is 12.8 Å². The first kappa shape index (κ1) is 22.1. The lowest BCUT2D eigenvalue weighted by molar-refractivity contribution is 0.586. The SMILES string of the molecule is Cc1c2cc(C(C)(C)C)cc1CCc1cc(C(C)(C)C)cc(c1C)CCCCC2. The summed E-state index contributed by atoms with van der Waals surface area (Å²) in [4.78, 5) is 0. The van der Waals surface area contributed by atoms with Crippen molar-refractivity contribution in [3.63, 3.8) is 0 Å². The minimum absolute atomic E-state index is 0.209. The molecular formula is C29H42. The summed E-state index contributed by atoms with van der Waals surface area (Å²) in [5.41, 5.74) is 12.8. The second kappa shape index (κ2) is 8.29. The van der Waals surface area contributed by atoms with E-state index in [1.807, 2.05) is 0 Å². The quantitative estimate of drug-likeness (QED) is 0.428. The summed E-state index contributed by atoms with van der Waals surface area (Å²) in [5.74, 6) is 0. The Bertz CT molecular complexity index is 795. The van der Waals surface area contributed by atoms with Gasteiger partial charge >= 0.3 is 0 Å². The van der Waals surface area contributed by atoms with Gasteiger partial charge in [0.05, 0.1) is 0 Å². The van der Waals surface area contributed by atoms with Crippen LogP contribution in [0.15, 0.2) is 24.3 Å². The van der Waals surface area contributed by atoms with E-state index in [0.29, 0.717) is 0 Å². The third kappa shape index (κ3) is 5.14. The smallest absolute Gasteiger partial charge is 0.0132 e. The molecule has 3 rings (SSSR count). The number of hydrogen-bond donors (Lipinski definition) is 0. The van der Waals surface area contributed by atoms with Crippen LogP contribution >= 0.6 is 0 Å². The van der Waals surface area contributed by atoms with E-state index in [9.17, 15) is 0 Å². The number of fused-ring (bicyclic) bond motifs is 4. The molecule has 29 heavy (non-hydrogen) atoms. The molecule has 0 radical (unpaired) electrons. The molecule has 1 aliphatic rings. The van der Waals surface area contributed by atoms with Gasteiger partial charge in [0.1, 0.15) is 0 Å². The molecule has 0 nitrogen and oxygen atoms in total. The van der Waals surface area contributed by atoms with Crippen LogP contribution in [0.5, 0.6) is 0 Å². The van der Waals surface area contributed by atoms with Crippen LogP contribution in [0, 0.1) is 13.8 Å². The van der Waals surface area contributed by atoms with Gasteiger partial charge in [0.2, 0.25) is 0 Å². The predicted octanol–water partition coefficient (Wildman–Crippen LogP) is 7.95. The summed E-state index contributed by atoms with van der Waals surface area (Å²) < 4.78 is 0. The van der Waals surface area contributed by atoms with Gasteiger partial charge in [-0.15, -0.1) is 0 Å². The van der Waals surface area contributed by atoms with Gasteiger partial charge in [-0.1, -0.05) is 72.2 Å². The molecular weight excluding hydrogens is 348 g/mol. The highest BCUT2D eigenvalue weighted by Crippen LogP contribution is 2.32. The molecule has 0 unspecified atom stereocenters. The molecule has 0 atom stereocenters. The van der Waals surface area contributed by atoms with Crippen LogP contribution in [0.25, 0.3) is 0 Å². The molecule has 0 spiro atoms. The van der Waals surface area contributed by atoms with Crippen molar-refractivity contribution in [1.29, 1.82) is 0 Å². The van der Waals surface area contributed by atoms with Gasteiger partial charge in [0, 0.05) is 0 Å². The topological polar surface area (TPSA) is 0 Å². The summed E-state index contributed by atoms with van der Waals surface area (Å²) in [7, 11) is 0. The maximum Gasteiger partial charge on any atom is -0.0132 e. The minimum atomic E-state index is 0.209. The maximum atomic E-state index is 2.50. The normalized spacial score (nSPS) is 16.0. The van der Waals surface area contributed by atoms with Gasteiger partial charge in [-0.2, -0.15) is 0 Å². The molecule has 0 heteroatoms. The van der Waals surface area contributed by atoms with Crippen molar-refractivity contribution in [3.05, 3.63) is 68.8 Å². The molecule has 0 saturated heterocycles. The molecule has 2 aromatic rings. The van der Waals surface area contributed by atoms with Crippen molar-refractivity contribution in [2.75, 3.05) is 0 Å². The lowest BCUT2D eigenvalue weighted by Gasteiger charge is -2.24. The maximum absolute atomic E-state index is 2.50. The standard InChI is InChI=1S/C29H42/c1-20-22-12-10-9-11-13-23-17-27(29(6,7)8)19-25(21(23)2)15-14-24(20)18-26(16-22)28(3,4)5/h16-19H,9-15H2,1-8H3. The molecule has 0 fully saturated rings. The lowest BCUT2D eigenvalue weighted by atomic mass is 9.81. The van der Waals surface area contributed by atoms with Crippen LogP contribution in [0.3, 0.4) is 0 Å². The monoisotopic (exact) mass is 390 g/mol. The second-order valence-corrected chi connectivity index (χ2v) is 11.4. The van der Waals surface area contributed by atoms with Crippen molar-refractivity contribution in [3.8, 4) is 0 Å². The Hall–Kier alpha value is -1.56. The fourth-order valence-electron chi connectivity index (χ4n) is 4.66. The highest BCUT2D eigenvalue weighted by molar-refractivity contribution is 5.44. The highest BCUT2D eigenvalue weighted by Gasteiger charge is 2.20. The third-order valence-corrected chi connectivity index (χ3v) is 7.03. The molecule has 1 aliphatic carbocycles. The molecule has 158 valence electrons. The van der Waals surface area contributed by atoms with Crippen LogP contribution in [0.1, 0.15) is 105 Å². The first-order chi connectivity index (χ1) is 13.5. The van der Waals surface area contributed by atoms with Crippen molar-refractivity contribution >= 4 is 0 Å². The fourth-order valence-corrected chi connectivity index (χ4v) is 4.66. The Morgan fingerprint density at radius 1 is 0.483 bits per heavy atom. The van der Waals surface area contributed by atoms with Gasteiger partial charge in [-0.25, -0.2) is 0 Å². The summed E-state index contributed by atoms with van der Waals surface area (Å²) >= 11 is 0. The zero-order valence-corrected chi connectivity index (χ0v) is 20.3. The fraction of sp³-hybridized carbons (Fsp3) is 0.586. The van der Waals surface area contributed by atoms with Gasteiger partial charge in [-0.3, -0.25) is 0 Å². The van der Waals surface area contributed by atoms with E-state index in [1.54, 1.807) is 33.4 Å². The van der Waals surface area contributed by atoms with E-state index >= 15 is 0 Å². The zero-order chi connectivity index (χ0) is 21.4. The Kier molecular flexibility index (Phi) is 6.32. The Balaban J connectivity index is 2.08. The molecule has 0 heterocycles. The van der Waals surface area contributed by atoms with E-state index in [-0.39, 0.29) is 10.8 Å². The van der Waals surface area contributed by atoms with Gasteiger partial charge in [-0.05, 0) is 108 Å². The van der Waals surface area contributed by atoms with Crippen molar-refractivity contribution in [2.24, 2.45) is 0 Å². The van der Waals surface area contributed by atoms with Crippen LogP contribution in [0.4, 0.5) is 0 Å². The van der Waals surface area contributed by atoms with E-state index in [4.69, 9.17) is 0 Å². The molecule has 0 saturated carbocycles. The highest BCUT2D eigenvalue weighted by atomic mass is 14.2. The number of aryl methyl sites for hydroxylation is 4. The van der Waals surface area contributed by atoms with E-state index < -0.39 is 0 Å². The van der Waals surface area contributed by atoms with Crippen LogP contribution in [-0.2, 0) is 36.5 Å². The zero-order valence-electron chi connectivity index (χ0n) is 20.3. The number of hydrogen-bond acceptors (Lipinski definition) is 0. The minimum Gasteiger partial charge on any atom is -0.0561 e. The molecule has 0 N–H and O–H groups in total. The first-order valence-corrected chi connectivity index (χ1v) is 11.7.